The van der Waals surface area contributed by atoms with Gasteiger partial charge in [0.25, 0.3) is 5.91 Å². The largest absolute Gasteiger partial charge is 0.394 e. The molecule has 1 aliphatic heterocycles. The number of benzene rings is 1. The molecule has 3 rings (SSSR count). The Morgan fingerprint density at radius 3 is 3.25 bits per heavy atom. The molecule has 20 heavy (non-hydrogen) atoms. The Morgan fingerprint density at radius 1 is 1.60 bits per heavy atom. The first-order chi connectivity index (χ1) is 9.67. The molecule has 1 aromatic carbocycles. The molecule has 2 heterocycles. The number of hydrogen-bond acceptors (Lipinski definition) is 6. The van der Waals surface area contributed by atoms with Crippen molar-refractivity contribution in [1.29, 1.82) is 0 Å². The van der Waals surface area contributed by atoms with Crippen molar-refractivity contribution in [2.24, 2.45) is 0 Å². The zero-order chi connectivity index (χ0) is 14.1. The monoisotopic (exact) mass is 293 g/mol. The van der Waals surface area contributed by atoms with E-state index >= 15 is 0 Å². The lowest BCUT2D eigenvalue weighted by Crippen LogP contribution is -2.46. The Kier molecular flexibility index (Phi) is 3.56. The highest BCUT2D eigenvalue weighted by molar-refractivity contribution is 7.22. The van der Waals surface area contributed by atoms with Crippen LogP contribution in [0.3, 0.4) is 0 Å². The van der Waals surface area contributed by atoms with Crippen molar-refractivity contribution in [3.05, 3.63) is 23.8 Å². The number of rotatable bonds is 2. The van der Waals surface area contributed by atoms with Crippen LogP contribution in [-0.2, 0) is 4.74 Å². The van der Waals surface area contributed by atoms with Crippen LogP contribution in [0.4, 0.5) is 5.13 Å². The molecule has 0 spiro atoms. The van der Waals surface area contributed by atoms with Gasteiger partial charge in [-0.25, -0.2) is 4.98 Å². The molecule has 1 atom stereocenters. The number of hydrogen-bond donors (Lipinski definition) is 2. The number of thiazole rings is 1. The van der Waals surface area contributed by atoms with Gasteiger partial charge in [0.15, 0.2) is 5.13 Å². The van der Waals surface area contributed by atoms with Crippen LogP contribution in [0.25, 0.3) is 10.2 Å². The van der Waals surface area contributed by atoms with Gasteiger partial charge in [0.05, 0.1) is 29.5 Å². The molecule has 0 radical (unpaired) electrons. The molecule has 6 nitrogen and oxygen atoms in total. The molecule has 1 unspecified atom stereocenters. The number of morpholine rings is 1. The number of aromatic nitrogens is 1. The molecular weight excluding hydrogens is 278 g/mol. The number of carbonyl (C=O) groups excluding carboxylic acids is 1. The number of nitrogens with zero attached hydrogens (tertiary/aromatic N) is 2. The summed E-state index contributed by atoms with van der Waals surface area (Å²) in [4.78, 5) is 18.3. The first kappa shape index (κ1) is 13.3. The van der Waals surface area contributed by atoms with Crippen LogP contribution in [0, 0.1) is 0 Å². The average molecular weight is 293 g/mol. The van der Waals surface area contributed by atoms with Crippen LogP contribution >= 0.6 is 11.3 Å². The van der Waals surface area contributed by atoms with Gasteiger partial charge in [-0.1, -0.05) is 11.3 Å². The van der Waals surface area contributed by atoms with E-state index in [4.69, 9.17) is 15.6 Å². The van der Waals surface area contributed by atoms with Gasteiger partial charge in [0.1, 0.15) is 0 Å². The summed E-state index contributed by atoms with van der Waals surface area (Å²) in [5.41, 5.74) is 7.08. The van der Waals surface area contributed by atoms with E-state index in [-0.39, 0.29) is 18.6 Å². The lowest BCUT2D eigenvalue weighted by molar-refractivity contribution is -0.0447. The van der Waals surface area contributed by atoms with Crippen molar-refractivity contribution in [2.45, 2.75) is 6.10 Å². The molecule has 106 valence electrons. The lowest BCUT2D eigenvalue weighted by Gasteiger charge is -2.32. The number of fused-ring (bicyclic) bond motifs is 1. The maximum Gasteiger partial charge on any atom is 0.254 e. The van der Waals surface area contributed by atoms with E-state index in [0.717, 1.165) is 10.2 Å². The summed E-state index contributed by atoms with van der Waals surface area (Å²) in [7, 11) is 0. The summed E-state index contributed by atoms with van der Waals surface area (Å²) in [5, 5.41) is 9.62. The summed E-state index contributed by atoms with van der Waals surface area (Å²) >= 11 is 1.37. The minimum absolute atomic E-state index is 0.0550. The van der Waals surface area contributed by atoms with E-state index in [0.29, 0.717) is 30.4 Å². The smallest absolute Gasteiger partial charge is 0.254 e. The second-order valence-corrected chi connectivity index (χ2v) is 5.72. The summed E-state index contributed by atoms with van der Waals surface area (Å²) in [6.45, 7) is 1.33. The molecular formula is C13H15N3O3S. The molecule has 1 amide bonds. The Balaban J connectivity index is 1.84. The van der Waals surface area contributed by atoms with E-state index in [1.165, 1.54) is 11.3 Å². The molecule has 2 aromatic rings. The molecule has 0 aliphatic carbocycles. The lowest BCUT2D eigenvalue weighted by atomic mass is 10.1. The van der Waals surface area contributed by atoms with E-state index in [2.05, 4.69) is 4.98 Å². The van der Waals surface area contributed by atoms with Gasteiger partial charge in [0.2, 0.25) is 0 Å². The maximum atomic E-state index is 12.5. The summed E-state index contributed by atoms with van der Waals surface area (Å²) in [6, 6.07) is 5.38. The van der Waals surface area contributed by atoms with Gasteiger partial charge in [0, 0.05) is 18.7 Å². The maximum absolute atomic E-state index is 12.5. The fraction of sp³-hybridized carbons (Fsp3) is 0.385. The number of carbonyl (C=O) groups is 1. The number of ether oxygens (including phenoxy) is 1. The van der Waals surface area contributed by atoms with Crippen molar-refractivity contribution >= 4 is 32.6 Å². The predicted molar refractivity (Wildman–Crippen MR) is 76.8 cm³/mol. The predicted octanol–water partition coefficient (Wildman–Crippen LogP) is 0.712. The van der Waals surface area contributed by atoms with Crippen molar-refractivity contribution in [1.82, 2.24) is 9.88 Å². The molecule has 1 aliphatic rings. The standard InChI is InChI=1S/C13H15N3O3S/c14-13-15-10-2-1-8(5-11(10)20-13)12(18)16-3-4-19-9(6-16)7-17/h1-2,5,9,17H,3-4,6-7H2,(H2,14,15). The van der Waals surface area contributed by atoms with Gasteiger partial charge < -0.3 is 20.5 Å². The third-order valence-electron chi connectivity index (χ3n) is 3.28. The zero-order valence-electron chi connectivity index (χ0n) is 10.8. The van der Waals surface area contributed by atoms with Crippen LogP contribution in [-0.4, -0.2) is 53.3 Å². The summed E-state index contributed by atoms with van der Waals surface area (Å²) in [5.74, 6) is -0.0550. The molecule has 0 saturated carbocycles. The van der Waals surface area contributed by atoms with Gasteiger partial charge in [-0.3, -0.25) is 4.79 Å². The first-order valence-electron chi connectivity index (χ1n) is 6.35. The van der Waals surface area contributed by atoms with Crippen molar-refractivity contribution in [3.63, 3.8) is 0 Å². The molecule has 1 aromatic heterocycles. The molecule has 3 N–H and O–H groups in total. The fourth-order valence-corrected chi connectivity index (χ4v) is 3.05. The Labute approximate surface area is 119 Å². The van der Waals surface area contributed by atoms with E-state index in [1.54, 1.807) is 17.0 Å². The van der Waals surface area contributed by atoms with E-state index < -0.39 is 0 Å². The number of aliphatic hydroxyl groups excluding tert-OH is 1. The topological polar surface area (TPSA) is 88.7 Å². The van der Waals surface area contributed by atoms with Crippen molar-refractivity contribution in [2.75, 3.05) is 32.0 Å². The zero-order valence-corrected chi connectivity index (χ0v) is 11.6. The second-order valence-electron chi connectivity index (χ2n) is 4.66. The van der Waals surface area contributed by atoms with Crippen LogP contribution < -0.4 is 5.73 Å². The number of anilines is 1. The summed E-state index contributed by atoms with van der Waals surface area (Å²) < 4.78 is 6.25. The van der Waals surface area contributed by atoms with Gasteiger partial charge in [-0.15, -0.1) is 0 Å². The van der Waals surface area contributed by atoms with E-state index in [9.17, 15) is 4.79 Å². The first-order valence-corrected chi connectivity index (χ1v) is 7.17. The van der Waals surface area contributed by atoms with Gasteiger partial charge >= 0.3 is 0 Å². The van der Waals surface area contributed by atoms with Gasteiger partial charge in [-0.05, 0) is 18.2 Å². The van der Waals surface area contributed by atoms with Crippen LogP contribution in [0.1, 0.15) is 10.4 Å². The molecule has 1 fully saturated rings. The van der Waals surface area contributed by atoms with Crippen LogP contribution in [0.2, 0.25) is 0 Å². The number of aliphatic hydroxyl groups is 1. The van der Waals surface area contributed by atoms with E-state index in [1.807, 2.05) is 6.07 Å². The highest BCUT2D eigenvalue weighted by Crippen LogP contribution is 2.25. The summed E-state index contributed by atoms with van der Waals surface area (Å²) in [6.07, 6.45) is -0.296. The molecule has 7 heteroatoms. The highest BCUT2D eigenvalue weighted by atomic mass is 32.1. The number of nitrogen functional groups attached to an aromatic ring is 1. The van der Waals surface area contributed by atoms with Crippen LogP contribution in [0.5, 0.6) is 0 Å². The Morgan fingerprint density at radius 2 is 2.45 bits per heavy atom. The molecule has 0 bridgehead atoms. The minimum atomic E-state index is -0.296. The second kappa shape index (κ2) is 5.35. The van der Waals surface area contributed by atoms with Crippen molar-refractivity contribution < 1.29 is 14.6 Å². The average Bonchev–Trinajstić information content (AvgIpc) is 2.85. The third kappa shape index (κ3) is 2.47. The molecule has 1 saturated heterocycles. The van der Waals surface area contributed by atoms with Crippen molar-refractivity contribution in [3.8, 4) is 0 Å². The quantitative estimate of drug-likeness (QED) is 0.851. The Bertz CT molecular complexity index is 643. The SMILES string of the molecule is Nc1nc2ccc(C(=O)N3CCOC(CO)C3)cc2s1. The normalized spacial score (nSPS) is 19.4. The number of nitrogens with two attached hydrogens (primary N) is 1. The van der Waals surface area contributed by atoms with Crippen LogP contribution in [0.15, 0.2) is 18.2 Å². The number of amides is 1. The third-order valence-corrected chi connectivity index (χ3v) is 4.13. The van der Waals surface area contributed by atoms with Gasteiger partial charge in [-0.2, -0.15) is 0 Å². The fourth-order valence-electron chi connectivity index (χ4n) is 2.27. The Hall–Kier alpha value is -1.70. The highest BCUT2D eigenvalue weighted by Gasteiger charge is 2.24. The minimum Gasteiger partial charge on any atom is -0.394 e.